The summed E-state index contributed by atoms with van der Waals surface area (Å²) in [6, 6.07) is 10.4. The molecule has 144 valence electrons. The molecule has 7 heteroatoms. The topological polar surface area (TPSA) is 75.0 Å². The first-order chi connectivity index (χ1) is 13.1. The molecular weight excluding hydrogens is 346 g/mol. The summed E-state index contributed by atoms with van der Waals surface area (Å²) in [5.74, 6) is 0.960. The molecule has 1 N–H and O–H groups in total. The van der Waals surface area contributed by atoms with Gasteiger partial charge in [-0.3, -0.25) is 14.5 Å². The Balaban J connectivity index is 1.50. The van der Waals surface area contributed by atoms with Crippen LogP contribution in [0.25, 0.3) is 0 Å². The number of piperazine rings is 1. The lowest BCUT2D eigenvalue weighted by atomic mass is 10.2. The predicted octanol–water partition coefficient (Wildman–Crippen LogP) is 2.46. The minimum Gasteiger partial charge on any atom is -0.494 e. The summed E-state index contributed by atoms with van der Waals surface area (Å²) in [6.07, 6.45) is 1.50. The van der Waals surface area contributed by atoms with E-state index in [1.54, 1.807) is 17.0 Å². The predicted molar refractivity (Wildman–Crippen MR) is 102 cm³/mol. The van der Waals surface area contributed by atoms with Gasteiger partial charge in [-0.05, 0) is 50.2 Å². The molecule has 1 saturated heterocycles. The average molecular weight is 371 g/mol. The van der Waals surface area contributed by atoms with E-state index in [0.29, 0.717) is 38.5 Å². The lowest BCUT2D eigenvalue weighted by molar-refractivity contribution is -0.121. The second-order valence-corrected chi connectivity index (χ2v) is 6.43. The highest BCUT2D eigenvalue weighted by molar-refractivity contribution is 5.94. The van der Waals surface area contributed by atoms with Crippen LogP contribution >= 0.6 is 0 Å². The average Bonchev–Trinajstić information content (AvgIpc) is 3.23. The Hall–Kier alpha value is -2.80. The number of furan rings is 1. The number of nitrogens with one attached hydrogen (secondary N) is 1. The molecule has 0 spiro atoms. The molecule has 2 aromatic rings. The molecular formula is C20H25N3O4. The number of nitrogens with zero attached hydrogens (tertiary/aromatic N) is 2. The first kappa shape index (κ1) is 19.0. The maximum absolute atomic E-state index is 12.5. The van der Waals surface area contributed by atoms with E-state index in [-0.39, 0.29) is 17.9 Å². The highest BCUT2D eigenvalue weighted by Crippen LogP contribution is 2.17. The standard InChI is InChI=1S/C20H25N3O4/c1-3-26-17-8-6-16(7-9-17)21-19(24)15(2)22-10-12-23(13-11-22)20(25)18-5-4-14-27-18/h4-9,14-15H,3,10-13H2,1-2H3,(H,21,24)/t15-/m1/s1. The van der Waals surface area contributed by atoms with Crippen LogP contribution < -0.4 is 10.1 Å². The van der Waals surface area contributed by atoms with Crippen LogP contribution in [-0.4, -0.2) is 60.4 Å². The van der Waals surface area contributed by atoms with Crippen molar-refractivity contribution < 1.29 is 18.7 Å². The fraction of sp³-hybridized carbons (Fsp3) is 0.400. The largest absolute Gasteiger partial charge is 0.494 e. The molecule has 1 atom stereocenters. The van der Waals surface area contributed by atoms with Crippen LogP contribution in [-0.2, 0) is 4.79 Å². The van der Waals surface area contributed by atoms with Crippen molar-refractivity contribution >= 4 is 17.5 Å². The minimum atomic E-state index is -0.280. The Labute approximate surface area is 158 Å². The van der Waals surface area contributed by atoms with Crippen LogP contribution in [0.4, 0.5) is 5.69 Å². The first-order valence-corrected chi connectivity index (χ1v) is 9.19. The number of hydrogen-bond acceptors (Lipinski definition) is 5. The third-order valence-corrected chi connectivity index (χ3v) is 4.69. The van der Waals surface area contributed by atoms with Gasteiger partial charge in [0.25, 0.3) is 5.91 Å². The molecule has 1 aliphatic rings. The molecule has 3 rings (SSSR count). The maximum atomic E-state index is 12.5. The Kier molecular flexibility index (Phi) is 6.13. The number of anilines is 1. The summed E-state index contributed by atoms with van der Waals surface area (Å²) in [5, 5.41) is 2.93. The Morgan fingerprint density at radius 1 is 1.15 bits per heavy atom. The van der Waals surface area contributed by atoms with Crippen LogP contribution in [0.15, 0.2) is 47.1 Å². The molecule has 0 radical (unpaired) electrons. The number of rotatable bonds is 6. The van der Waals surface area contributed by atoms with Gasteiger partial charge in [-0.1, -0.05) is 0 Å². The molecule has 2 amide bonds. The van der Waals surface area contributed by atoms with E-state index in [0.717, 1.165) is 11.4 Å². The summed E-state index contributed by atoms with van der Waals surface area (Å²) < 4.78 is 10.6. The monoisotopic (exact) mass is 371 g/mol. The summed E-state index contributed by atoms with van der Waals surface area (Å²) >= 11 is 0. The highest BCUT2D eigenvalue weighted by Gasteiger charge is 2.28. The van der Waals surface area contributed by atoms with Crippen molar-refractivity contribution in [2.45, 2.75) is 19.9 Å². The van der Waals surface area contributed by atoms with Crippen LogP contribution in [0.5, 0.6) is 5.75 Å². The van der Waals surface area contributed by atoms with Crippen molar-refractivity contribution in [3.05, 3.63) is 48.4 Å². The molecule has 0 saturated carbocycles. The summed E-state index contributed by atoms with van der Waals surface area (Å²) in [5.41, 5.74) is 0.738. The maximum Gasteiger partial charge on any atom is 0.289 e. The number of amides is 2. The SMILES string of the molecule is CCOc1ccc(NC(=O)[C@@H](C)N2CCN(C(=O)c3ccco3)CC2)cc1. The third-order valence-electron chi connectivity index (χ3n) is 4.69. The molecule has 1 aromatic heterocycles. The van der Waals surface area contributed by atoms with Gasteiger partial charge in [0.2, 0.25) is 5.91 Å². The van der Waals surface area contributed by atoms with Crippen molar-refractivity contribution in [1.82, 2.24) is 9.80 Å². The molecule has 27 heavy (non-hydrogen) atoms. The van der Waals surface area contributed by atoms with Crippen LogP contribution in [0.2, 0.25) is 0 Å². The fourth-order valence-corrected chi connectivity index (χ4v) is 3.08. The number of ether oxygens (including phenoxy) is 1. The van der Waals surface area contributed by atoms with Gasteiger partial charge in [-0.25, -0.2) is 0 Å². The van der Waals surface area contributed by atoms with Crippen molar-refractivity contribution in [2.24, 2.45) is 0 Å². The molecule has 2 heterocycles. The minimum absolute atomic E-state index is 0.0648. The van der Waals surface area contributed by atoms with E-state index in [4.69, 9.17) is 9.15 Å². The van der Waals surface area contributed by atoms with E-state index in [9.17, 15) is 9.59 Å². The summed E-state index contributed by atoms with van der Waals surface area (Å²) in [7, 11) is 0. The van der Waals surface area contributed by atoms with E-state index >= 15 is 0 Å². The van der Waals surface area contributed by atoms with E-state index in [1.165, 1.54) is 6.26 Å². The van der Waals surface area contributed by atoms with Gasteiger partial charge < -0.3 is 19.4 Å². The first-order valence-electron chi connectivity index (χ1n) is 9.19. The van der Waals surface area contributed by atoms with Gasteiger partial charge in [-0.15, -0.1) is 0 Å². The smallest absolute Gasteiger partial charge is 0.289 e. The molecule has 1 aliphatic heterocycles. The van der Waals surface area contributed by atoms with Gasteiger partial charge >= 0.3 is 0 Å². The van der Waals surface area contributed by atoms with Crippen molar-refractivity contribution in [1.29, 1.82) is 0 Å². The zero-order chi connectivity index (χ0) is 19.2. The Bertz CT molecular complexity index is 750. The number of benzene rings is 1. The van der Waals surface area contributed by atoms with Crippen LogP contribution in [0.3, 0.4) is 0 Å². The van der Waals surface area contributed by atoms with Crippen LogP contribution in [0, 0.1) is 0 Å². The van der Waals surface area contributed by atoms with E-state index in [2.05, 4.69) is 10.2 Å². The third kappa shape index (κ3) is 4.68. The lowest BCUT2D eigenvalue weighted by Crippen LogP contribution is -2.54. The van der Waals surface area contributed by atoms with E-state index < -0.39 is 0 Å². The second kappa shape index (κ2) is 8.73. The number of hydrogen-bond donors (Lipinski definition) is 1. The Morgan fingerprint density at radius 2 is 1.85 bits per heavy atom. The van der Waals surface area contributed by atoms with Gasteiger partial charge in [0.15, 0.2) is 5.76 Å². The molecule has 1 fully saturated rings. The quantitative estimate of drug-likeness (QED) is 0.844. The molecule has 0 bridgehead atoms. The van der Waals surface area contributed by atoms with Crippen molar-refractivity contribution in [3.63, 3.8) is 0 Å². The number of carbonyl (C=O) groups excluding carboxylic acids is 2. The lowest BCUT2D eigenvalue weighted by Gasteiger charge is -2.37. The molecule has 1 aromatic carbocycles. The summed E-state index contributed by atoms with van der Waals surface area (Å²) in [4.78, 5) is 28.7. The van der Waals surface area contributed by atoms with Crippen LogP contribution in [0.1, 0.15) is 24.4 Å². The molecule has 0 unspecified atom stereocenters. The van der Waals surface area contributed by atoms with Crippen molar-refractivity contribution in [2.75, 3.05) is 38.1 Å². The molecule has 7 nitrogen and oxygen atoms in total. The zero-order valence-corrected chi connectivity index (χ0v) is 15.7. The van der Waals surface area contributed by atoms with Gasteiger partial charge in [-0.2, -0.15) is 0 Å². The number of carbonyl (C=O) groups is 2. The van der Waals surface area contributed by atoms with Gasteiger partial charge in [0.1, 0.15) is 5.75 Å². The fourth-order valence-electron chi connectivity index (χ4n) is 3.08. The normalized spacial score (nSPS) is 16.0. The van der Waals surface area contributed by atoms with Gasteiger partial charge in [0, 0.05) is 31.9 Å². The van der Waals surface area contributed by atoms with Crippen molar-refractivity contribution in [3.8, 4) is 5.75 Å². The summed E-state index contributed by atoms with van der Waals surface area (Å²) in [6.45, 7) is 6.85. The second-order valence-electron chi connectivity index (χ2n) is 6.43. The van der Waals surface area contributed by atoms with E-state index in [1.807, 2.05) is 38.1 Å². The highest BCUT2D eigenvalue weighted by atomic mass is 16.5. The Morgan fingerprint density at radius 3 is 2.44 bits per heavy atom. The molecule has 0 aliphatic carbocycles. The van der Waals surface area contributed by atoms with Gasteiger partial charge in [0.05, 0.1) is 18.9 Å². The zero-order valence-electron chi connectivity index (χ0n) is 15.7.